The van der Waals surface area contributed by atoms with Crippen LogP contribution in [0, 0.1) is 11.3 Å². The van der Waals surface area contributed by atoms with Gasteiger partial charge in [-0.1, -0.05) is 13.8 Å². The molecule has 0 aromatic heterocycles. The predicted molar refractivity (Wildman–Crippen MR) is 51.1 cm³/mol. The Kier molecular flexibility index (Phi) is 4.90. The van der Waals surface area contributed by atoms with E-state index in [-0.39, 0.29) is 6.03 Å². The maximum atomic E-state index is 11.2. The van der Waals surface area contributed by atoms with E-state index in [1.165, 1.54) is 0 Å². The Morgan fingerprint density at radius 1 is 1.54 bits per heavy atom. The number of carbonyl (C=O) groups excluding carboxylic acids is 1. The van der Waals surface area contributed by atoms with E-state index in [9.17, 15) is 4.79 Å². The lowest BCUT2D eigenvalue weighted by Crippen LogP contribution is -2.49. The molecule has 0 aromatic rings. The molecular weight excluding hydrogens is 166 g/mol. The van der Waals surface area contributed by atoms with Crippen LogP contribution in [-0.4, -0.2) is 18.1 Å². The van der Waals surface area contributed by atoms with Crippen molar-refractivity contribution < 1.29 is 4.79 Å². The molecule has 2 N–H and O–H groups in total. The third-order valence-electron chi connectivity index (χ3n) is 1.88. The van der Waals surface area contributed by atoms with Crippen molar-refractivity contribution in [1.82, 2.24) is 10.6 Å². The van der Waals surface area contributed by atoms with Gasteiger partial charge in [0.2, 0.25) is 0 Å². The topological polar surface area (TPSA) is 64.9 Å². The van der Waals surface area contributed by atoms with Crippen molar-refractivity contribution in [3.05, 3.63) is 0 Å². The van der Waals surface area contributed by atoms with Gasteiger partial charge in [0.15, 0.2) is 0 Å². The van der Waals surface area contributed by atoms with Crippen LogP contribution in [0.1, 0.15) is 33.6 Å². The summed E-state index contributed by atoms with van der Waals surface area (Å²) in [5, 5.41) is 14.0. The highest BCUT2D eigenvalue weighted by Gasteiger charge is 2.22. The van der Waals surface area contributed by atoms with Gasteiger partial charge in [-0.15, -0.1) is 0 Å². The lowest BCUT2D eigenvalue weighted by atomic mass is 10.0. The SMILES string of the molecule is CCCNC(=O)NC(C)(C#N)CC. The summed E-state index contributed by atoms with van der Waals surface area (Å²) in [7, 11) is 0. The number of rotatable bonds is 4. The zero-order valence-corrected chi connectivity index (χ0v) is 8.48. The normalized spacial score (nSPS) is 14.0. The highest BCUT2D eigenvalue weighted by Crippen LogP contribution is 2.05. The average molecular weight is 183 g/mol. The first-order chi connectivity index (χ1) is 6.08. The number of hydrogen-bond donors (Lipinski definition) is 2. The Morgan fingerprint density at radius 2 is 2.15 bits per heavy atom. The van der Waals surface area contributed by atoms with Gasteiger partial charge in [-0.2, -0.15) is 5.26 Å². The quantitative estimate of drug-likeness (QED) is 0.691. The van der Waals surface area contributed by atoms with Crippen molar-refractivity contribution in [3.63, 3.8) is 0 Å². The second kappa shape index (κ2) is 5.41. The summed E-state index contributed by atoms with van der Waals surface area (Å²) in [5.74, 6) is 0. The van der Waals surface area contributed by atoms with Gasteiger partial charge in [-0.25, -0.2) is 4.79 Å². The highest BCUT2D eigenvalue weighted by molar-refractivity contribution is 5.75. The molecule has 0 aliphatic carbocycles. The molecule has 0 fully saturated rings. The second-order valence-electron chi connectivity index (χ2n) is 3.18. The average Bonchev–Trinajstić information content (AvgIpc) is 2.14. The van der Waals surface area contributed by atoms with Crippen molar-refractivity contribution in [3.8, 4) is 6.07 Å². The number of nitriles is 1. The summed E-state index contributed by atoms with van der Waals surface area (Å²) in [5.41, 5.74) is -0.752. The molecule has 1 atom stereocenters. The Morgan fingerprint density at radius 3 is 2.54 bits per heavy atom. The van der Waals surface area contributed by atoms with Crippen LogP contribution in [0.5, 0.6) is 0 Å². The molecule has 2 amide bonds. The van der Waals surface area contributed by atoms with E-state index in [2.05, 4.69) is 16.7 Å². The molecule has 0 heterocycles. The van der Waals surface area contributed by atoms with Crippen LogP contribution in [0.4, 0.5) is 4.79 Å². The molecule has 0 bridgehead atoms. The van der Waals surface area contributed by atoms with Gasteiger partial charge in [0.25, 0.3) is 0 Å². The maximum absolute atomic E-state index is 11.2. The van der Waals surface area contributed by atoms with Gasteiger partial charge in [-0.3, -0.25) is 0 Å². The lowest BCUT2D eigenvalue weighted by Gasteiger charge is -2.21. The number of amides is 2. The summed E-state index contributed by atoms with van der Waals surface area (Å²) in [6.45, 7) is 6.18. The summed E-state index contributed by atoms with van der Waals surface area (Å²) < 4.78 is 0. The fourth-order valence-electron chi connectivity index (χ4n) is 0.729. The van der Waals surface area contributed by atoms with Crippen LogP contribution < -0.4 is 10.6 Å². The van der Waals surface area contributed by atoms with E-state index in [4.69, 9.17) is 5.26 Å². The zero-order valence-electron chi connectivity index (χ0n) is 8.48. The minimum absolute atomic E-state index is 0.271. The van der Waals surface area contributed by atoms with Gasteiger partial charge in [0.1, 0.15) is 5.54 Å². The van der Waals surface area contributed by atoms with Gasteiger partial charge in [0.05, 0.1) is 6.07 Å². The molecule has 0 saturated carbocycles. The number of hydrogen-bond acceptors (Lipinski definition) is 2. The van der Waals surface area contributed by atoms with E-state index < -0.39 is 5.54 Å². The Labute approximate surface area is 79.3 Å². The Bertz CT molecular complexity index is 209. The third kappa shape index (κ3) is 4.36. The van der Waals surface area contributed by atoms with Crippen molar-refractivity contribution in [2.75, 3.05) is 6.54 Å². The number of nitrogens with one attached hydrogen (secondary N) is 2. The molecule has 0 aliphatic heterocycles. The molecule has 4 nitrogen and oxygen atoms in total. The van der Waals surface area contributed by atoms with Gasteiger partial charge in [0, 0.05) is 6.54 Å². The Balaban J connectivity index is 3.97. The minimum atomic E-state index is -0.752. The predicted octanol–water partition coefficient (Wildman–Crippen LogP) is 1.39. The van der Waals surface area contributed by atoms with Crippen LogP contribution in [-0.2, 0) is 0 Å². The molecule has 1 unspecified atom stereocenters. The standard InChI is InChI=1S/C9H17N3O/c1-4-6-11-8(13)12-9(3,5-2)7-10/h4-6H2,1-3H3,(H2,11,12,13). The van der Waals surface area contributed by atoms with Crippen molar-refractivity contribution >= 4 is 6.03 Å². The summed E-state index contributed by atoms with van der Waals surface area (Å²) in [6, 6.07) is 1.79. The van der Waals surface area contributed by atoms with Crippen LogP contribution in [0.2, 0.25) is 0 Å². The first-order valence-corrected chi connectivity index (χ1v) is 4.55. The van der Waals surface area contributed by atoms with E-state index >= 15 is 0 Å². The second-order valence-corrected chi connectivity index (χ2v) is 3.18. The van der Waals surface area contributed by atoms with Crippen LogP contribution in [0.25, 0.3) is 0 Å². The summed E-state index contributed by atoms with van der Waals surface area (Å²) >= 11 is 0. The van der Waals surface area contributed by atoms with Crippen LogP contribution in [0.3, 0.4) is 0 Å². The number of carbonyl (C=O) groups is 1. The fraction of sp³-hybridized carbons (Fsp3) is 0.778. The molecular formula is C9H17N3O. The minimum Gasteiger partial charge on any atom is -0.338 e. The largest absolute Gasteiger partial charge is 0.338 e. The Hall–Kier alpha value is -1.24. The smallest absolute Gasteiger partial charge is 0.316 e. The van der Waals surface area contributed by atoms with Crippen molar-refractivity contribution in [2.45, 2.75) is 39.2 Å². The molecule has 4 heteroatoms. The van der Waals surface area contributed by atoms with E-state index in [0.717, 1.165) is 6.42 Å². The summed E-state index contributed by atoms with van der Waals surface area (Å²) in [4.78, 5) is 11.2. The van der Waals surface area contributed by atoms with Gasteiger partial charge < -0.3 is 10.6 Å². The third-order valence-corrected chi connectivity index (χ3v) is 1.88. The van der Waals surface area contributed by atoms with Crippen LogP contribution >= 0.6 is 0 Å². The molecule has 13 heavy (non-hydrogen) atoms. The lowest BCUT2D eigenvalue weighted by molar-refractivity contribution is 0.233. The fourth-order valence-corrected chi connectivity index (χ4v) is 0.729. The first kappa shape index (κ1) is 11.8. The molecule has 0 aliphatic rings. The first-order valence-electron chi connectivity index (χ1n) is 4.55. The number of nitrogens with zero attached hydrogens (tertiary/aromatic N) is 1. The van der Waals surface area contributed by atoms with Gasteiger partial charge in [-0.05, 0) is 19.8 Å². The number of urea groups is 1. The molecule has 0 aromatic carbocycles. The monoisotopic (exact) mass is 183 g/mol. The van der Waals surface area contributed by atoms with E-state index in [0.29, 0.717) is 13.0 Å². The van der Waals surface area contributed by atoms with Crippen molar-refractivity contribution in [2.24, 2.45) is 0 Å². The van der Waals surface area contributed by atoms with Crippen molar-refractivity contribution in [1.29, 1.82) is 5.26 Å². The molecule has 0 saturated heterocycles. The molecule has 74 valence electrons. The van der Waals surface area contributed by atoms with E-state index in [1.807, 2.05) is 13.8 Å². The zero-order chi connectivity index (χ0) is 10.3. The molecule has 0 radical (unpaired) electrons. The van der Waals surface area contributed by atoms with E-state index in [1.54, 1.807) is 6.92 Å². The maximum Gasteiger partial charge on any atom is 0.316 e. The molecule has 0 spiro atoms. The molecule has 0 rings (SSSR count). The summed E-state index contributed by atoms with van der Waals surface area (Å²) in [6.07, 6.45) is 1.49. The highest BCUT2D eigenvalue weighted by atomic mass is 16.2. The van der Waals surface area contributed by atoms with Crippen LogP contribution in [0.15, 0.2) is 0 Å². The van der Waals surface area contributed by atoms with Gasteiger partial charge >= 0.3 is 6.03 Å².